The predicted octanol–water partition coefficient (Wildman–Crippen LogP) is 3.81. The van der Waals surface area contributed by atoms with Crippen LogP contribution in [-0.2, 0) is 11.3 Å². The number of guanidine groups is 1. The highest BCUT2D eigenvalue weighted by atomic mass is 127. The Bertz CT molecular complexity index is 561. The molecule has 2 N–H and O–H groups in total. The zero-order valence-electron chi connectivity index (χ0n) is 17.0. The van der Waals surface area contributed by atoms with E-state index >= 15 is 0 Å². The zero-order chi connectivity index (χ0) is 18.4. The van der Waals surface area contributed by atoms with Crippen LogP contribution in [0.25, 0.3) is 0 Å². The molecule has 150 valence electrons. The maximum Gasteiger partial charge on any atom is 0.216 e. The Morgan fingerprint density at radius 1 is 1.27 bits per heavy atom. The van der Waals surface area contributed by atoms with Crippen molar-refractivity contribution in [2.75, 3.05) is 19.7 Å². The number of aromatic nitrogens is 1. The van der Waals surface area contributed by atoms with Crippen LogP contribution in [0.3, 0.4) is 0 Å². The molecule has 1 aromatic rings. The molecule has 1 aliphatic rings. The lowest BCUT2D eigenvalue weighted by Gasteiger charge is -2.40. The summed E-state index contributed by atoms with van der Waals surface area (Å²) >= 11 is 0. The first kappa shape index (κ1) is 23.2. The monoisotopic (exact) mass is 478 g/mol. The molecule has 2 unspecified atom stereocenters. The predicted molar refractivity (Wildman–Crippen MR) is 116 cm³/mol. The van der Waals surface area contributed by atoms with Crippen molar-refractivity contribution in [3.05, 3.63) is 17.3 Å². The normalized spacial score (nSPS) is 21.2. The summed E-state index contributed by atoms with van der Waals surface area (Å²) in [4.78, 5) is 8.99. The van der Waals surface area contributed by atoms with Gasteiger partial charge in [0, 0.05) is 25.6 Å². The second-order valence-corrected chi connectivity index (χ2v) is 7.88. The number of ether oxygens (including phenoxy) is 1. The van der Waals surface area contributed by atoms with Gasteiger partial charge in [0.15, 0.2) is 5.96 Å². The van der Waals surface area contributed by atoms with Crippen molar-refractivity contribution >= 4 is 29.9 Å². The Morgan fingerprint density at radius 2 is 2.00 bits per heavy atom. The number of hydrogen-bond donors (Lipinski definition) is 2. The van der Waals surface area contributed by atoms with Crippen molar-refractivity contribution < 1.29 is 9.15 Å². The van der Waals surface area contributed by atoms with Crippen molar-refractivity contribution in [3.8, 4) is 0 Å². The average molecular weight is 478 g/mol. The van der Waals surface area contributed by atoms with Gasteiger partial charge < -0.3 is 19.8 Å². The lowest BCUT2D eigenvalue weighted by Crippen LogP contribution is -2.47. The summed E-state index contributed by atoms with van der Waals surface area (Å²) in [6, 6.07) is 0. The van der Waals surface area contributed by atoms with E-state index in [1.165, 1.54) is 6.42 Å². The smallest absolute Gasteiger partial charge is 0.216 e. The van der Waals surface area contributed by atoms with Gasteiger partial charge in [-0.3, -0.25) is 0 Å². The molecule has 6 nitrogen and oxygen atoms in total. The van der Waals surface area contributed by atoms with Gasteiger partial charge in [-0.05, 0) is 39.0 Å². The molecule has 0 bridgehead atoms. The number of aryl methyl sites for hydroxylation is 2. The molecule has 1 fully saturated rings. The van der Waals surface area contributed by atoms with Gasteiger partial charge in [-0.2, -0.15) is 0 Å². The van der Waals surface area contributed by atoms with Gasteiger partial charge >= 0.3 is 0 Å². The van der Waals surface area contributed by atoms with Crippen LogP contribution in [0, 0.1) is 25.2 Å². The maximum absolute atomic E-state index is 6.07. The largest absolute Gasteiger partial charge is 0.444 e. The molecule has 2 atom stereocenters. The van der Waals surface area contributed by atoms with E-state index < -0.39 is 0 Å². The Morgan fingerprint density at radius 3 is 2.58 bits per heavy atom. The van der Waals surface area contributed by atoms with Crippen LogP contribution >= 0.6 is 24.0 Å². The fourth-order valence-corrected chi connectivity index (χ4v) is 3.33. The Hall–Kier alpha value is -0.830. The highest BCUT2D eigenvalue weighted by molar-refractivity contribution is 14.0. The van der Waals surface area contributed by atoms with Crippen LogP contribution in [0.1, 0.15) is 57.9 Å². The van der Waals surface area contributed by atoms with Gasteiger partial charge in [0.1, 0.15) is 12.3 Å². The number of halogens is 1. The molecular weight excluding hydrogens is 443 g/mol. The van der Waals surface area contributed by atoms with Gasteiger partial charge in [0.25, 0.3) is 0 Å². The van der Waals surface area contributed by atoms with Crippen LogP contribution in [0.5, 0.6) is 0 Å². The molecule has 0 saturated carbocycles. The third kappa shape index (κ3) is 6.72. The van der Waals surface area contributed by atoms with Crippen LogP contribution in [-0.4, -0.2) is 36.7 Å². The zero-order valence-corrected chi connectivity index (χ0v) is 19.3. The topological polar surface area (TPSA) is 71.7 Å². The molecular formula is C19H35IN4O2. The van der Waals surface area contributed by atoms with E-state index in [1.807, 2.05) is 13.8 Å². The summed E-state index contributed by atoms with van der Waals surface area (Å²) < 4.78 is 11.7. The summed E-state index contributed by atoms with van der Waals surface area (Å²) in [5.41, 5.74) is 1.07. The number of aliphatic imine (C=N–C) groups is 1. The minimum absolute atomic E-state index is 0. The Kier molecular flexibility index (Phi) is 9.36. The van der Waals surface area contributed by atoms with Gasteiger partial charge in [-0.15, -0.1) is 24.0 Å². The second-order valence-electron chi connectivity index (χ2n) is 7.88. The summed E-state index contributed by atoms with van der Waals surface area (Å²) in [6.45, 7) is 15.7. The minimum Gasteiger partial charge on any atom is -0.444 e. The highest BCUT2D eigenvalue weighted by Crippen LogP contribution is 2.33. The van der Waals surface area contributed by atoms with Crippen molar-refractivity contribution in [1.82, 2.24) is 15.6 Å². The van der Waals surface area contributed by atoms with E-state index in [-0.39, 0.29) is 35.5 Å². The average Bonchev–Trinajstić information content (AvgIpc) is 2.88. The lowest BCUT2D eigenvalue weighted by molar-refractivity contribution is -0.0835. The van der Waals surface area contributed by atoms with Crippen molar-refractivity contribution in [2.24, 2.45) is 16.3 Å². The molecule has 2 rings (SSSR count). The molecule has 7 heteroatoms. The quantitative estimate of drug-likeness (QED) is 0.383. The van der Waals surface area contributed by atoms with E-state index in [0.717, 1.165) is 43.5 Å². The Labute approximate surface area is 175 Å². The van der Waals surface area contributed by atoms with E-state index in [9.17, 15) is 0 Å². The van der Waals surface area contributed by atoms with Crippen LogP contribution < -0.4 is 10.6 Å². The summed E-state index contributed by atoms with van der Waals surface area (Å²) in [5, 5.41) is 6.77. The molecule has 0 radical (unpaired) electrons. The fourth-order valence-electron chi connectivity index (χ4n) is 3.33. The summed E-state index contributed by atoms with van der Waals surface area (Å²) in [7, 11) is 0. The molecule has 2 heterocycles. The van der Waals surface area contributed by atoms with E-state index in [2.05, 4.69) is 48.3 Å². The summed E-state index contributed by atoms with van der Waals surface area (Å²) in [5.74, 6) is 2.80. The van der Waals surface area contributed by atoms with Gasteiger partial charge in [-0.1, -0.05) is 20.8 Å². The molecule has 0 aromatic carbocycles. The first-order chi connectivity index (χ1) is 11.8. The summed E-state index contributed by atoms with van der Waals surface area (Å²) in [6.07, 6.45) is 2.59. The van der Waals surface area contributed by atoms with Crippen molar-refractivity contribution in [1.29, 1.82) is 0 Å². The van der Waals surface area contributed by atoms with Gasteiger partial charge in [0.05, 0.1) is 11.8 Å². The number of hydrogen-bond acceptors (Lipinski definition) is 4. The van der Waals surface area contributed by atoms with Gasteiger partial charge in [-0.25, -0.2) is 9.98 Å². The molecule has 1 aliphatic heterocycles. The third-order valence-corrected chi connectivity index (χ3v) is 4.62. The maximum atomic E-state index is 6.07. The first-order valence-electron chi connectivity index (χ1n) is 9.38. The second kappa shape index (κ2) is 10.5. The van der Waals surface area contributed by atoms with Crippen molar-refractivity contribution in [2.45, 2.75) is 67.0 Å². The highest BCUT2D eigenvalue weighted by Gasteiger charge is 2.35. The molecule has 0 amide bonds. The standard InChI is InChI=1S/C19H34N4O2.HI/c1-7-20-18(22-12-16-23-13(2)14(3)25-16)21-11-15-9-8-10-24-17(15)19(4,5)6;/h15,17H,7-12H2,1-6H3,(H2,20,21,22);1H. The Balaban J connectivity index is 0.00000338. The number of nitrogens with one attached hydrogen (secondary N) is 2. The van der Waals surface area contributed by atoms with Crippen LogP contribution in [0.4, 0.5) is 0 Å². The van der Waals surface area contributed by atoms with Crippen LogP contribution in [0.2, 0.25) is 0 Å². The minimum atomic E-state index is 0. The number of oxazole rings is 1. The molecule has 1 aromatic heterocycles. The van der Waals surface area contributed by atoms with Crippen LogP contribution in [0.15, 0.2) is 9.41 Å². The molecule has 26 heavy (non-hydrogen) atoms. The first-order valence-corrected chi connectivity index (χ1v) is 9.38. The SMILES string of the molecule is CCNC(=NCc1nc(C)c(C)o1)NCC1CCCOC1C(C)(C)C.I. The van der Waals surface area contributed by atoms with E-state index in [4.69, 9.17) is 9.15 Å². The fraction of sp³-hybridized carbons (Fsp3) is 0.789. The molecule has 0 spiro atoms. The third-order valence-electron chi connectivity index (χ3n) is 4.62. The van der Waals surface area contributed by atoms with Crippen molar-refractivity contribution in [3.63, 3.8) is 0 Å². The number of nitrogens with zero attached hydrogens (tertiary/aromatic N) is 2. The molecule has 0 aliphatic carbocycles. The molecule has 1 saturated heterocycles. The van der Waals surface area contributed by atoms with Gasteiger partial charge in [0.2, 0.25) is 5.89 Å². The van der Waals surface area contributed by atoms with E-state index in [0.29, 0.717) is 18.4 Å². The number of rotatable bonds is 5. The lowest BCUT2D eigenvalue weighted by atomic mass is 9.78. The van der Waals surface area contributed by atoms with E-state index in [1.54, 1.807) is 0 Å².